The first-order chi connectivity index (χ1) is 16.0. The first kappa shape index (κ1) is 21.1. The minimum atomic E-state index is -0.603. The highest BCUT2D eigenvalue weighted by molar-refractivity contribution is 5.73. The number of piperazine rings is 1. The lowest BCUT2D eigenvalue weighted by molar-refractivity contribution is 0.589. The Kier molecular flexibility index (Phi) is 5.55. The summed E-state index contributed by atoms with van der Waals surface area (Å²) in [5, 5.41) is 6.37. The predicted molar refractivity (Wildman–Crippen MR) is 124 cm³/mol. The van der Waals surface area contributed by atoms with Gasteiger partial charge in [-0.05, 0) is 32.9 Å². The van der Waals surface area contributed by atoms with E-state index in [-0.39, 0.29) is 23.5 Å². The SMILES string of the molecule is Cc1nc2cnc(-c3nc(Nc4ccc(N5CCNCC5)cn4)ncc3F)nc2n1C(C)C. The Balaban J connectivity index is 1.42. The number of aryl methyl sites for hydroxylation is 1. The molecule has 0 bridgehead atoms. The third-order valence-corrected chi connectivity index (χ3v) is 5.55. The third-order valence-electron chi connectivity index (χ3n) is 5.55. The predicted octanol–water partition coefficient (Wildman–Crippen LogP) is 2.86. The van der Waals surface area contributed by atoms with Gasteiger partial charge >= 0.3 is 0 Å². The van der Waals surface area contributed by atoms with Gasteiger partial charge in [-0.15, -0.1) is 0 Å². The maximum atomic E-state index is 14.6. The van der Waals surface area contributed by atoms with E-state index in [1.807, 2.05) is 43.7 Å². The van der Waals surface area contributed by atoms with Gasteiger partial charge in [-0.25, -0.2) is 34.3 Å². The van der Waals surface area contributed by atoms with Crippen LogP contribution >= 0.6 is 0 Å². The van der Waals surface area contributed by atoms with Crippen LogP contribution < -0.4 is 15.5 Å². The molecule has 0 aromatic carbocycles. The molecule has 0 unspecified atom stereocenters. The molecular formula is C22H25FN10. The number of fused-ring (bicyclic) bond motifs is 1. The minimum absolute atomic E-state index is 0.0148. The second-order valence-electron chi connectivity index (χ2n) is 8.18. The van der Waals surface area contributed by atoms with Crippen LogP contribution in [0.3, 0.4) is 0 Å². The average molecular weight is 449 g/mol. The Labute approximate surface area is 190 Å². The van der Waals surface area contributed by atoms with Crippen molar-refractivity contribution in [3.8, 4) is 11.5 Å². The van der Waals surface area contributed by atoms with Crippen LogP contribution in [0.1, 0.15) is 25.7 Å². The van der Waals surface area contributed by atoms with Crippen LogP contribution in [0.4, 0.5) is 21.8 Å². The van der Waals surface area contributed by atoms with Crippen molar-refractivity contribution in [3.05, 3.63) is 42.4 Å². The number of anilines is 3. The van der Waals surface area contributed by atoms with Crippen LogP contribution in [0.25, 0.3) is 22.7 Å². The summed E-state index contributed by atoms with van der Waals surface area (Å²) in [4.78, 5) is 28.5. The molecule has 0 saturated carbocycles. The molecule has 10 nitrogen and oxygen atoms in total. The van der Waals surface area contributed by atoms with E-state index in [1.54, 1.807) is 6.20 Å². The summed E-state index contributed by atoms with van der Waals surface area (Å²) >= 11 is 0. The monoisotopic (exact) mass is 448 g/mol. The van der Waals surface area contributed by atoms with E-state index in [9.17, 15) is 4.39 Å². The fraction of sp³-hybridized carbons (Fsp3) is 0.364. The van der Waals surface area contributed by atoms with Crippen molar-refractivity contribution in [2.24, 2.45) is 0 Å². The lowest BCUT2D eigenvalue weighted by Gasteiger charge is -2.29. The molecule has 1 aliphatic rings. The second-order valence-corrected chi connectivity index (χ2v) is 8.18. The van der Waals surface area contributed by atoms with Crippen LogP contribution in [-0.2, 0) is 0 Å². The normalized spacial score (nSPS) is 14.3. The molecule has 5 rings (SSSR count). The molecular weight excluding hydrogens is 423 g/mol. The van der Waals surface area contributed by atoms with Gasteiger partial charge in [0.25, 0.3) is 0 Å². The van der Waals surface area contributed by atoms with Crippen LogP contribution in [0.5, 0.6) is 0 Å². The molecule has 1 aliphatic heterocycles. The number of pyridine rings is 1. The Bertz CT molecular complexity index is 1280. The first-order valence-corrected chi connectivity index (χ1v) is 10.9. The van der Waals surface area contributed by atoms with Crippen molar-refractivity contribution in [2.45, 2.75) is 26.8 Å². The molecule has 0 atom stereocenters. The van der Waals surface area contributed by atoms with Gasteiger partial charge < -0.3 is 20.1 Å². The number of hydrogen-bond acceptors (Lipinski definition) is 9. The first-order valence-electron chi connectivity index (χ1n) is 10.9. The van der Waals surface area contributed by atoms with Crippen molar-refractivity contribution in [3.63, 3.8) is 0 Å². The molecule has 2 N–H and O–H groups in total. The van der Waals surface area contributed by atoms with E-state index >= 15 is 0 Å². The molecule has 0 radical (unpaired) electrons. The molecule has 0 amide bonds. The summed E-state index contributed by atoms with van der Waals surface area (Å²) in [6, 6.07) is 4.01. The highest BCUT2D eigenvalue weighted by atomic mass is 19.1. The molecule has 5 heterocycles. The van der Waals surface area contributed by atoms with Gasteiger partial charge in [-0.1, -0.05) is 0 Å². The number of nitrogens with one attached hydrogen (secondary N) is 2. The van der Waals surface area contributed by atoms with Gasteiger partial charge in [0.05, 0.1) is 24.3 Å². The van der Waals surface area contributed by atoms with Crippen LogP contribution in [0.2, 0.25) is 0 Å². The molecule has 0 spiro atoms. The molecule has 1 saturated heterocycles. The number of imidazole rings is 1. The van der Waals surface area contributed by atoms with Gasteiger partial charge in [0, 0.05) is 32.2 Å². The molecule has 4 aromatic rings. The van der Waals surface area contributed by atoms with Crippen molar-refractivity contribution in [1.82, 2.24) is 39.8 Å². The Morgan fingerprint density at radius 3 is 2.55 bits per heavy atom. The summed E-state index contributed by atoms with van der Waals surface area (Å²) in [6.07, 6.45) is 4.51. The van der Waals surface area contributed by atoms with E-state index in [1.165, 1.54) is 0 Å². The van der Waals surface area contributed by atoms with Crippen molar-refractivity contribution in [1.29, 1.82) is 0 Å². The maximum absolute atomic E-state index is 14.6. The van der Waals surface area contributed by atoms with Gasteiger partial charge in [0.15, 0.2) is 17.3 Å². The topological polar surface area (TPSA) is 110 Å². The fourth-order valence-electron chi connectivity index (χ4n) is 4.01. The smallest absolute Gasteiger partial charge is 0.229 e. The van der Waals surface area contributed by atoms with Gasteiger partial charge in [-0.3, -0.25) is 0 Å². The van der Waals surface area contributed by atoms with Crippen LogP contribution in [-0.4, -0.2) is 60.6 Å². The number of rotatable bonds is 5. The fourth-order valence-corrected chi connectivity index (χ4v) is 4.01. The zero-order valence-electron chi connectivity index (χ0n) is 18.7. The van der Waals surface area contributed by atoms with Gasteiger partial charge in [0.1, 0.15) is 22.9 Å². The van der Waals surface area contributed by atoms with Crippen molar-refractivity contribution < 1.29 is 4.39 Å². The molecule has 0 aliphatic carbocycles. The van der Waals surface area contributed by atoms with Gasteiger partial charge in [0.2, 0.25) is 5.95 Å². The van der Waals surface area contributed by atoms with Crippen LogP contribution in [0, 0.1) is 12.7 Å². The molecule has 170 valence electrons. The average Bonchev–Trinajstić information content (AvgIpc) is 3.16. The minimum Gasteiger partial charge on any atom is -0.368 e. The molecule has 1 fully saturated rings. The third kappa shape index (κ3) is 4.19. The van der Waals surface area contributed by atoms with E-state index in [0.29, 0.717) is 17.0 Å². The van der Waals surface area contributed by atoms with Crippen molar-refractivity contribution >= 4 is 28.6 Å². The highest BCUT2D eigenvalue weighted by Gasteiger charge is 2.18. The number of nitrogens with zero attached hydrogens (tertiary/aromatic N) is 8. The molecule has 4 aromatic heterocycles. The quantitative estimate of drug-likeness (QED) is 0.476. The van der Waals surface area contributed by atoms with E-state index in [0.717, 1.165) is 43.9 Å². The molecule has 11 heteroatoms. The summed E-state index contributed by atoms with van der Waals surface area (Å²) in [5.41, 5.74) is 2.37. The lowest BCUT2D eigenvalue weighted by atomic mass is 10.3. The van der Waals surface area contributed by atoms with E-state index < -0.39 is 5.82 Å². The maximum Gasteiger partial charge on any atom is 0.229 e. The Morgan fingerprint density at radius 2 is 1.82 bits per heavy atom. The summed E-state index contributed by atoms with van der Waals surface area (Å²) in [7, 11) is 0. The van der Waals surface area contributed by atoms with E-state index in [4.69, 9.17) is 0 Å². The zero-order chi connectivity index (χ0) is 22.9. The van der Waals surface area contributed by atoms with Crippen molar-refractivity contribution in [2.75, 3.05) is 36.4 Å². The zero-order valence-corrected chi connectivity index (χ0v) is 18.7. The van der Waals surface area contributed by atoms with Gasteiger partial charge in [-0.2, -0.15) is 0 Å². The second kappa shape index (κ2) is 8.66. The summed E-state index contributed by atoms with van der Waals surface area (Å²) in [6.45, 7) is 9.80. The Hall–Kier alpha value is -3.73. The highest BCUT2D eigenvalue weighted by Crippen LogP contribution is 2.24. The molecule has 33 heavy (non-hydrogen) atoms. The van der Waals surface area contributed by atoms with E-state index in [2.05, 4.69) is 45.4 Å². The largest absolute Gasteiger partial charge is 0.368 e. The standard InChI is InChI=1S/C22H25FN10/c1-13(2)33-14(3)28-17-12-26-20(31-21(17)33)19-16(23)11-27-22(30-19)29-18-5-4-15(10-25-18)32-8-6-24-7-9-32/h4-5,10-13,24H,6-9H2,1-3H3,(H,25,27,29,30). The lowest BCUT2D eigenvalue weighted by Crippen LogP contribution is -2.43. The summed E-state index contributed by atoms with van der Waals surface area (Å²) in [5.74, 6) is 1.18. The number of hydrogen-bond donors (Lipinski definition) is 2. The Morgan fingerprint density at radius 1 is 1.00 bits per heavy atom. The number of halogens is 1. The summed E-state index contributed by atoms with van der Waals surface area (Å²) < 4.78 is 16.6. The number of aromatic nitrogens is 7. The van der Waals surface area contributed by atoms with Crippen LogP contribution in [0.15, 0.2) is 30.7 Å².